The van der Waals surface area contributed by atoms with E-state index in [0.29, 0.717) is 18.1 Å². The van der Waals surface area contributed by atoms with Gasteiger partial charge in [-0.05, 0) is 33.1 Å². The Kier molecular flexibility index (Phi) is 4.28. The number of thioether (sulfide) groups is 1. The maximum Gasteiger partial charge on any atom is 0.222 e. The largest absolute Gasteiger partial charge is 0.377 e. The number of nitrogen functional groups attached to an aromatic ring is 1. The predicted octanol–water partition coefficient (Wildman–Crippen LogP) is 2.10. The molecule has 2 N–H and O–H groups in total. The van der Waals surface area contributed by atoms with Gasteiger partial charge in [0.05, 0.1) is 6.10 Å². The van der Waals surface area contributed by atoms with Gasteiger partial charge in [-0.2, -0.15) is 0 Å². The van der Waals surface area contributed by atoms with Crippen LogP contribution in [0.25, 0.3) is 0 Å². The Bertz CT molecular complexity index is 360. The monoisotopic (exact) mass is 256 g/mol. The van der Waals surface area contributed by atoms with E-state index in [0.717, 1.165) is 23.9 Å². The average molecular weight is 256 g/mol. The molecule has 0 aliphatic carbocycles. The van der Waals surface area contributed by atoms with Gasteiger partial charge in [-0.15, -0.1) is 10.2 Å². The van der Waals surface area contributed by atoms with Crippen LogP contribution in [-0.2, 0) is 4.74 Å². The molecule has 1 unspecified atom stereocenters. The number of hydrogen-bond acceptors (Lipinski definition) is 5. The predicted molar refractivity (Wildman–Crippen MR) is 69.1 cm³/mol. The highest BCUT2D eigenvalue weighted by Crippen LogP contribution is 2.25. The van der Waals surface area contributed by atoms with Crippen LogP contribution in [-0.4, -0.2) is 33.2 Å². The molecule has 17 heavy (non-hydrogen) atoms. The van der Waals surface area contributed by atoms with Crippen molar-refractivity contribution in [1.82, 2.24) is 14.8 Å². The highest BCUT2D eigenvalue weighted by Gasteiger charge is 2.18. The molecular formula is C11H20N4OS. The molecule has 1 saturated heterocycles. The summed E-state index contributed by atoms with van der Waals surface area (Å²) in [6.07, 6.45) is 3.96. The molecule has 0 spiro atoms. The molecule has 96 valence electrons. The Hall–Kier alpha value is -0.750. The maximum absolute atomic E-state index is 5.80. The minimum Gasteiger partial charge on any atom is -0.377 e. The van der Waals surface area contributed by atoms with Gasteiger partial charge < -0.3 is 10.5 Å². The van der Waals surface area contributed by atoms with Gasteiger partial charge in [0.1, 0.15) is 0 Å². The topological polar surface area (TPSA) is 66.0 Å². The molecule has 0 bridgehead atoms. The summed E-state index contributed by atoms with van der Waals surface area (Å²) in [5.41, 5.74) is 5.80. The third-order valence-electron chi connectivity index (χ3n) is 2.88. The molecule has 0 saturated carbocycles. The molecule has 5 nitrogen and oxygen atoms in total. The number of rotatable bonds is 4. The van der Waals surface area contributed by atoms with E-state index in [4.69, 9.17) is 10.5 Å². The van der Waals surface area contributed by atoms with Gasteiger partial charge in [-0.1, -0.05) is 11.8 Å². The van der Waals surface area contributed by atoms with Gasteiger partial charge in [0.25, 0.3) is 0 Å². The lowest BCUT2D eigenvalue weighted by molar-refractivity contribution is 0.0315. The lowest BCUT2D eigenvalue weighted by Crippen LogP contribution is -2.21. The van der Waals surface area contributed by atoms with Gasteiger partial charge in [0.2, 0.25) is 5.95 Å². The van der Waals surface area contributed by atoms with E-state index in [1.165, 1.54) is 12.8 Å². The molecule has 0 aromatic carbocycles. The van der Waals surface area contributed by atoms with E-state index in [9.17, 15) is 0 Å². The van der Waals surface area contributed by atoms with Crippen LogP contribution in [0.1, 0.15) is 39.2 Å². The maximum atomic E-state index is 5.80. The average Bonchev–Trinajstić information content (AvgIpc) is 2.69. The number of hydrogen-bond donors (Lipinski definition) is 1. The first-order chi connectivity index (χ1) is 8.18. The Morgan fingerprint density at radius 1 is 1.47 bits per heavy atom. The zero-order chi connectivity index (χ0) is 12.3. The first-order valence-corrected chi connectivity index (χ1v) is 7.12. The van der Waals surface area contributed by atoms with E-state index in [1.807, 2.05) is 4.57 Å². The molecule has 0 radical (unpaired) electrons. The molecule has 1 aliphatic rings. The second kappa shape index (κ2) is 5.73. The van der Waals surface area contributed by atoms with Crippen molar-refractivity contribution in [3.63, 3.8) is 0 Å². The number of nitrogens with zero attached hydrogens (tertiary/aromatic N) is 3. The highest BCUT2D eigenvalue weighted by atomic mass is 32.2. The van der Waals surface area contributed by atoms with Gasteiger partial charge in [0.15, 0.2) is 5.16 Å². The quantitative estimate of drug-likeness (QED) is 0.836. The first kappa shape index (κ1) is 12.7. The fourth-order valence-electron chi connectivity index (χ4n) is 1.98. The fraction of sp³-hybridized carbons (Fsp3) is 0.818. The molecule has 1 aliphatic heterocycles. The van der Waals surface area contributed by atoms with Crippen molar-refractivity contribution >= 4 is 17.7 Å². The number of nitrogens with two attached hydrogens (primary N) is 1. The second-order valence-corrected chi connectivity index (χ2v) is 5.59. The minimum absolute atomic E-state index is 0.291. The van der Waals surface area contributed by atoms with Crippen LogP contribution in [0.2, 0.25) is 0 Å². The molecule has 1 fully saturated rings. The van der Waals surface area contributed by atoms with Crippen molar-refractivity contribution in [3.05, 3.63) is 0 Å². The fourth-order valence-corrected chi connectivity index (χ4v) is 3.12. The zero-order valence-electron chi connectivity index (χ0n) is 10.4. The van der Waals surface area contributed by atoms with Gasteiger partial charge in [-0.3, -0.25) is 4.57 Å². The van der Waals surface area contributed by atoms with Crippen LogP contribution in [0.5, 0.6) is 0 Å². The first-order valence-electron chi connectivity index (χ1n) is 6.13. The third kappa shape index (κ3) is 3.13. The summed E-state index contributed by atoms with van der Waals surface area (Å²) < 4.78 is 7.66. The highest BCUT2D eigenvalue weighted by molar-refractivity contribution is 7.99. The Balaban J connectivity index is 1.94. The number of aromatic nitrogens is 3. The smallest absolute Gasteiger partial charge is 0.222 e. The second-order valence-electron chi connectivity index (χ2n) is 4.60. The molecule has 1 aromatic heterocycles. The summed E-state index contributed by atoms with van der Waals surface area (Å²) in [5.74, 6) is 1.43. The summed E-state index contributed by atoms with van der Waals surface area (Å²) >= 11 is 1.69. The normalized spacial score (nSPS) is 21.0. The Morgan fingerprint density at radius 2 is 2.29 bits per heavy atom. The third-order valence-corrected chi connectivity index (χ3v) is 3.95. The van der Waals surface area contributed by atoms with E-state index in [-0.39, 0.29) is 0 Å². The molecule has 0 amide bonds. The number of ether oxygens (including phenoxy) is 1. The van der Waals surface area contributed by atoms with E-state index in [2.05, 4.69) is 24.0 Å². The van der Waals surface area contributed by atoms with Gasteiger partial charge in [-0.25, -0.2) is 0 Å². The molecule has 2 heterocycles. The SMILES string of the molecule is CC(C)n1c(N)nnc1SCC1CCCCO1. The van der Waals surface area contributed by atoms with Gasteiger partial charge >= 0.3 is 0 Å². The van der Waals surface area contributed by atoms with Crippen LogP contribution in [0.15, 0.2) is 5.16 Å². The Morgan fingerprint density at radius 3 is 2.94 bits per heavy atom. The number of anilines is 1. The van der Waals surface area contributed by atoms with Crippen LogP contribution < -0.4 is 5.73 Å². The van der Waals surface area contributed by atoms with Crippen LogP contribution in [0, 0.1) is 0 Å². The van der Waals surface area contributed by atoms with Crippen LogP contribution in [0.3, 0.4) is 0 Å². The summed E-state index contributed by atoms with van der Waals surface area (Å²) in [6, 6.07) is 0.291. The summed E-state index contributed by atoms with van der Waals surface area (Å²) in [7, 11) is 0. The molecular weight excluding hydrogens is 236 g/mol. The molecule has 6 heteroatoms. The van der Waals surface area contributed by atoms with Crippen molar-refractivity contribution in [2.24, 2.45) is 0 Å². The molecule has 2 rings (SSSR count). The Labute approximate surface area is 106 Å². The van der Waals surface area contributed by atoms with Crippen LogP contribution >= 0.6 is 11.8 Å². The molecule has 1 atom stereocenters. The van der Waals surface area contributed by atoms with Crippen molar-refractivity contribution in [2.45, 2.75) is 50.4 Å². The zero-order valence-corrected chi connectivity index (χ0v) is 11.2. The summed E-state index contributed by atoms with van der Waals surface area (Å²) in [4.78, 5) is 0. The van der Waals surface area contributed by atoms with Crippen molar-refractivity contribution in [3.8, 4) is 0 Å². The van der Waals surface area contributed by atoms with E-state index < -0.39 is 0 Å². The van der Waals surface area contributed by atoms with E-state index in [1.54, 1.807) is 11.8 Å². The van der Waals surface area contributed by atoms with Crippen molar-refractivity contribution in [1.29, 1.82) is 0 Å². The summed E-state index contributed by atoms with van der Waals surface area (Å²) in [6.45, 7) is 5.06. The van der Waals surface area contributed by atoms with E-state index >= 15 is 0 Å². The van der Waals surface area contributed by atoms with Gasteiger partial charge in [0, 0.05) is 18.4 Å². The van der Waals surface area contributed by atoms with Crippen molar-refractivity contribution in [2.75, 3.05) is 18.1 Å². The minimum atomic E-state index is 0.291. The molecule has 1 aromatic rings. The lowest BCUT2D eigenvalue weighted by Gasteiger charge is -2.22. The summed E-state index contributed by atoms with van der Waals surface area (Å²) in [5, 5.41) is 8.94. The lowest BCUT2D eigenvalue weighted by atomic mass is 10.1. The van der Waals surface area contributed by atoms with Crippen molar-refractivity contribution < 1.29 is 4.74 Å². The standard InChI is InChI=1S/C11H20N4OS/c1-8(2)15-10(12)13-14-11(15)17-7-9-5-3-4-6-16-9/h8-9H,3-7H2,1-2H3,(H2,12,13). The van der Waals surface area contributed by atoms with Crippen LogP contribution in [0.4, 0.5) is 5.95 Å².